The topological polar surface area (TPSA) is 48.3 Å². The summed E-state index contributed by atoms with van der Waals surface area (Å²) < 4.78 is 13.6. The Balaban J connectivity index is 1.95. The van der Waals surface area contributed by atoms with Crippen LogP contribution in [-0.2, 0) is 13.1 Å². The highest BCUT2D eigenvalue weighted by Gasteiger charge is 2.17. The second-order valence-electron chi connectivity index (χ2n) is 5.64. The van der Waals surface area contributed by atoms with Crippen molar-refractivity contribution in [1.29, 1.82) is 0 Å². The van der Waals surface area contributed by atoms with Gasteiger partial charge in [-0.15, -0.1) is 12.6 Å². The van der Waals surface area contributed by atoms with E-state index in [1.54, 1.807) is 7.11 Å². The first-order valence-electron chi connectivity index (χ1n) is 8.01. The summed E-state index contributed by atoms with van der Waals surface area (Å²) in [5.74, 6) is 2.59. The number of nitrogens with zero attached hydrogens (tertiary/aromatic N) is 2. The molecule has 1 aliphatic heterocycles. The molecule has 0 spiro atoms. The van der Waals surface area contributed by atoms with Crippen LogP contribution in [0.2, 0.25) is 0 Å². The predicted molar refractivity (Wildman–Crippen MR) is 94.2 cm³/mol. The Morgan fingerprint density at radius 1 is 1.43 bits per heavy atom. The summed E-state index contributed by atoms with van der Waals surface area (Å²) in [6.45, 7) is 4.84. The lowest BCUT2D eigenvalue weighted by Crippen LogP contribution is -2.27. The fraction of sp³-hybridized carbons (Fsp3) is 0.471. The second kappa shape index (κ2) is 7.27. The number of hydrogen-bond donors (Lipinski definition) is 2. The summed E-state index contributed by atoms with van der Waals surface area (Å²) in [5, 5.41) is 3.34. The smallest absolute Gasteiger partial charge is 0.141 e. The minimum absolute atomic E-state index is 0.134. The van der Waals surface area contributed by atoms with E-state index in [0.717, 1.165) is 61.1 Å². The number of ether oxygens (including phenoxy) is 2. The van der Waals surface area contributed by atoms with Crippen molar-refractivity contribution in [3.63, 3.8) is 0 Å². The van der Waals surface area contributed by atoms with E-state index in [9.17, 15) is 0 Å². The quantitative estimate of drug-likeness (QED) is 0.630. The number of hydrogen-bond acceptors (Lipinski definition) is 5. The molecular weight excluding hydrogens is 310 g/mol. The van der Waals surface area contributed by atoms with Gasteiger partial charge in [0.05, 0.1) is 19.3 Å². The average molecular weight is 333 g/mol. The molecule has 0 saturated carbocycles. The summed E-state index contributed by atoms with van der Waals surface area (Å²) >= 11 is 4.52. The largest absolute Gasteiger partial charge is 0.497 e. The Morgan fingerprint density at radius 3 is 3.04 bits per heavy atom. The summed E-state index contributed by atoms with van der Waals surface area (Å²) in [7, 11) is 1.66. The van der Waals surface area contributed by atoms with Crippen molar-refractivity contribution in [1.82, 2.24) is 14.9 Å². The molecule has 1 atom stereocenters. The van der Waals surface area contributed by atoms with Gasteiger partial charge < -0.3 is 19.4 Å². The lowest BCUT2D eigenvalue weighted by atomic mass is 10.1. The molecule has 0 fully saturated rings. The molecule has 5 nitrogen and oxygen atoms in total. The van der Waals surface area contributed by atoms with E-state index in [2.05, 4.69) is 35.6 Å². The lowest BCUT2D eigenvalue weighted by molar-refractivity contribution is 0.277. The van der Waals surface area contributed by atoms with Crippen LogP contribution in [0.15, 0.2) is 24.4 Å². The van der Waals surface area contributed by atoms with Crippen LogP contribution in [0.4, 0.5) is 0 Å². The highest BCUT2D eigenvalue weighted by atomic mass is 32.1. The molecule has 1 N–H and O–H groups in total. The number of nitrogens with one attached hydrogen (secondary N) is 1. The van der Waals surface area contributed by atoms with E-state index in [0.29, 0.717) is 0 Å². The van der Waals surface area contributed by atoms with Gasteiger partial charge in [0.1, 0.15) is 22.8 Å². The normalized spacial score (nSPS) is 15.1. The van der Waals surface area contributed by atoms with E-state index in [1.807, 2.05) is 18.2 Å². The molecule has 2 heterocycles. The molecule has 0 aliphatic carbocycles. The number of imidazole rings is 1. The molecule has 6 heteroatoms. The Bertz CT molecular complexity index is 648. The van der Waals surface area contributed by atoms with E-state index in [-0.39, 0.29) is 5.44 Å². The van der Waals surface area contributed by atoms with Crippen LogP contribution in [0.3, 0.4) is 0 Å². The van der Waals surface area contributed by atoms with Crippen molar-refractivity contribution in [3.05, 3.63) is 30.2 Å². The van der Waals surface area contributed by atoms with Crippen LogP contribution in [0, 0.1) is 0 Å². The Morgan fingerprint density at radius 2 is 2.30 bits per heavy atom. The monoisotopic (exact) mass is 333 g/mol. The zero-order chi connectivity index (χ0) is 16.2. The van der Waals surface area contributed by atoms with Crippen LogP contribution in [0.5, 0.6) is 11.5 Å². The fourth-order valence-electron chi connectivity index (χ4n) is 2.71. The molecule has 1 unspecified atom stereocenters. The molecule has 2 aromatic rings. The minimum Gasteiger partial charge on any atom is -0.497 e. The van der Waals surface area contributed by atoms with Crippen molar-refractivity contribution < 1.29 is 9.47 Å². The third-order valence-corrected chi connectivity index (χ3v) is 4.30. The fourth-order valence-corrected chi connectivity index (χ4v) is 3.08. The van der Waals surface area contributed by atoms with Crippen LogP contribution < -0.4 is 14.8 Å². The van der Waals surface area contributed by atoms with Crippen LogP contribution in [0.25, 0.3) is 11.3 Å². The molecule has 1 aromatic heterocycles. The van der Waals surface area contributed by atoms with E-state index in [1.165, 1.54) is 0 Å². The third kappa shape index (κ3) is 3.64. The second-order valence-corrected chi connectivity index (χ2v) is 6.21. The Labute approximate surface area is 142 Å². The maximum atomic E-state index is 6.03. The van der Waals surface area contributed by atoms with Gasteiger partial charge in [-0.25, -0.2) is 4.98 Å². The zero-order valence-corrected chi connectivity index (χ0v) is 14.5. The number of thiol groups is 1. The summed E-state index contributed by atoms with van der Waals surface area (Å²) in [6.07, 6.45) is 4.01. The molecule has 23 heavy (non-hydrogen) atoms. The van der Waals surface area contributed by atoms with E-state index in [4.69, 9.17) is 14.5 Å². The van der Waals surface area contributed by atoms with Gasteiger partial charge in [-0.3, -0.25) is 0 Å². The van der Waals surface area contributed by atoms with Crippen molar-refractivity contribution in [2.24, 2.45) is 0 Å². The first-order chi connectivity index (χ1) is 11.2. The molecule has 0 bridgehead atoms. The highest BCUT2D eigenvalue weighted by molar-refractivity contribution is 7.80. The Kier molecular flexibility index (Phi) is 5.13. The summed E-state index contributed by atoms with van der Waals surface area (Å²) in [6, 6.07) is 5.85. The van der Waals surface area contributed by atoms with Gasteiger partial charge in [0.2, 0.25) is 0 Å². The predicted octanol–water partition coefficient (Wildman–Crippen LogP) is 3.10. The van der Waals surface area contributed by atoms with E-state index < -0.39 is 0 Å². The number of benzene rings is 1. The zero-order valence-electron chi connectivity index (χ0n) is 13.6. The van der Waals surface area contributed by atoms with Gasteiger partial charge >= 0.3 is 0 Å². The number of aromatic nitrogens is 2. The third-order valence-electron chi connectivity index (χ3n) is 3.94. The van der Waals surface area contributed by atoms with Crippen molar-refractivity contribution in [2.75, 3.05) is 13.7 Å². The maximum absolute atomic E-state index is 6.03. The number of fused-ring (bicyclic) bond motifs is 1. The summed E-state index contributed by atoms with van der Waals surface area (Å²) in [4.78, 5) is 4.75. The average Bonchev–Trinajstić information content (AvgIpc) is 2.98. The molecule has 0 saturated heterocycles. The molecule has 3 rings (SSSR count). The lowest BCUT2D eigenvalue weighted by Gasteiger charge is -2.16. The molecular formula is C17H23N3O2S. The Hall–Kier alpha value is -1.66. The highest BCUT2D eigenvalue weighted by Crippen LogP contribution is 2.34. The summed E-state index contributed by atoms with van der Waals surface area (Å²) in [5.41, 5.74) is 1.77. The number of methoxy groups -OCH3 is 1. The van der Waals surface area contributed by atoms with Gasteiger partial charge in [0, 0.05) is 30.9 Å². The molecule has 1 aliphatic rings. The molecule has 1 aromatic carbocycles. The van der Waals surface area contributed by atoms with Crippen LogP contribution >= 0.6 is 12.6 Å². The maximum Gasteiger partial charge on any atom is 0.141 e. The van der Waals surface area contributed by atoms with Crippen molar-refractivity contribution in [2.45, 2.75) is 38.3 Å². The first-order valence-corrected chi connectivity index (χ1v) is 8.52. The standard InChI is InChI=1S/C17H23N3O2S/c1-3-4-17(23)22-15-9-12(21-2)5-6-13(15)14-11-20-8-7-18-10-16(20)19-14/h5-6,9,11,17-18,23H,3-4,7-8,10H2,1-2H3. The van der Waals surface area contributed by atoms with Gasteiger partial charge in [-0.05, 0) is 18.6 Å². The van der Waals surface area contributed by atoms with Crippen molar-refractivity contribution >= 4 is 12.6 Å². The SMILES string of the molecule is CCCC(S)Oc1cc(OC)ccc1-c1cn2c(n1)CNCC2. The van der Waals surface area contributed by atoms with Gasteiger partial charge in [0.15, 0.2) is 0 Å². The number of rotatable bonds is 6. The van der Waals surface area contributed by atoms with Crippen LogP contribution in [0.1, 0.15) is 25.6 Å². The molecule has 124 valence electrons. The van der Waals surface area contributed by atoms with Crippen LogP contribution in [-0.4, -0.2) is 28.6 Å². The van der Waals surface area contributed by atoms with E-state index >= 15 is 0 Å². The van der Waals surface area contributed by atoms with Gasteiger partial charge in [-0.1, -0.05) is 13.3 Å². The minimum atomic E-state index is -0.134. The van der Waals surface area contributed by atoms with Gasteiger partial charge in [-0.2, -0.15) is 0 Å². The first kappa shape index (κ1) is 16.2. The van der Waals surface area contributed by atoms with Gasteiger partial charge in [0.25, 0.3) is 0 Å². The van der Waals surface area contributed by atoms with Crippen molar-refractivity contribution in [3.8, 4) is 22.8 Å². The molecule has 0 amide bonds. The molecule has 0 radical (unpaired) electrons.